The summed E-state index contributed by atoms with van der Waals surface area (Å²) < 4.78 is 5.99. The molecular formula is C16H22N5O+. The molecule has 22 heavy (non-hydrogen) atoms. The zero-order chi connectivity index (χ0) is 15.1. The van der Waals surface area contributed by atoms with E-state index in [0.717, 1.165) is 43.4 Å². The first kappa shape index (κ1) is 13.6. The lowest BCUT2D eigenvalue weighted by molar-refractivity contribution is -0.884. The molecule has 0 amide bonds. The Balaban J connectivity index is 1.59. The number of hydrogen-bond acceptors (Lipinski definition) is 5. The molecule has 1 N–H and O–H groups in total. The second kappa shape index (κ2) is 5.28. The van der Waals surface area contributed by atoms with Crippen LogP contribution in [0.5, 0.6) is 5.75 Å². The number of benzene rings is 1. The van der Waals surface area contributed by atoms with E-state index in [9.17, 15) is 0 Å². The number of nitrogens with zero attached hydrogens (tertiary/aromatic N) is 4. The van der Waals surface area contributed by atoms with E-state index in [1.807, 2.05) is 18.2 Å². The lowest BCUT2D eigenvalue weighted by atomic mass is 10.1. The number of para-hydroxylation sites is 2. The summed E-state index contributed by atoms with van der Waals surface area (Å²) in [5.41, 5.74) is 1.11. The van der Waals surface area contributed by atoms with Gasteiger partial charge in [-0.2, -0.15) is 0 Å². The van der Waals surface area contributed by atoms with E-state index in [1.54, 1.807) is 4.90 Å². The van der Waals surface area contributed by atoms with Gasteiger partial charge in [-0.05, 0) is 18.2 Å². The first-order chi connectivity index (χ1) is 10.7. The van der Waals surface area contributed by atoms with E-state index in [4.69, 9.17) is 4.74 Å². The van der Waals surface area contributed by atoms with Crippen molar-refractivity contribution < 1.29 is 9.64 Å². The van der Waals surface area contributed by atoms with E-state index < -0.39 is 0 Å². The number of hydrogen-bond donors (Lipinski definition) is 1. The van der Waals surface area contributed by atoms with Crippen molar-refractivity contribution in [1.29, 1.82) is 0 Å². The predicted molar refractivity (Wildman–Crippen MR) is 84.2 cm³/mol. The SMILES string of the molecule is CN1c2ccccc2O[C@@H]2N=NC(N3CC[NH+](C)CC3)=C[C@H]21. The summed E-state index contributed by atoms with van der Waals surface area (Å²) >= 11 is 0. The van der Waals surface area contributed by atoms with Gasteiger partial charge in [-0.25, -0.2) is 0 Å². The molecule has 3 aliphatic rings. The van der Waals surface area contributed by atoms with E-state index in [-0.39, 0.29) is 12.3 Å². The molecule has 4 rings (SSSR count). The fourth-order valence-corrected chi connectivity index (χ4v) is 3.27. The summed E-state index contributed by atoms with van der Waals surface area (Å²) in [5.74, 6) is 1.87. The van der Waals surface area contributed by atoms with E-state index >= 15 is 0 Å². The summed E-state index contributed by atoms with van der Waals surface area (Å²) in [6, 6.07) is 8.21. The van der Waals surface area contributed by atoms with Gasteiger partial charge in [0.25, 0.3) is 0 Å². The Kier molecular flexibility index (Phi) is 3.26. The number of quaternary nitrogens is 1. The van der Waals surface area contributed by atoms with Crippen molar-refractivity contribution in [3.8, 4) is 5.75 Å². The third-order valence-corrected chi connectivity index (χ3v) is 4.77. The van der Waals surface area contributed by atoms with Gasteiger partial charge in [-0.15, -0.1) is 10.2 Å². The monoisotopic (exact) mass is 300 g/mol. The van der Waals surface area contributed by atoms with Gasteiger partial charge < -0.3 is 19.4 Å². The molecule has 1 aromatic rings. The summed E-state index contributed by atoms with van der Waals surface area (Å²) in [4.78, 5) is 6.15. The number of piperazine rings is 1. The van der Waals surface area contributed by atoms with Crippen LogP contribution in [0, 0.1) is 0 Å². The third-order valence-electron chi connectivity index (χ3n) is 4.77. The highest BCUT2D eigenvalue weighted by atomic mass is 16.5. The first-order valence-corrected chi connectivity index (χ1v) is 7.90. The van der Waals surface area contributed by atoms with Crippen LogP contribution >= 0.6 is 0 Å². The molecule has 0 bridgehead atoms. The van der Waals surface area contributed by atoms with Crippen LogP contribution in [-0.4, -0.2) is 57.4 Å². The number of ether oxygens (including phenoxy) is 1. The predicted octanol–water partition coefficient (Wildman–Crippen LogP) is 0.347. The van der Waals surface area contributed by atoms with Crippen LogP contribution in [-0.2, 0) is 0 Å². The average Bonchev–Trinajstić information content (AvgIpc) is 2.56. The number of azo groups is 1. The van der Waals surface area contributed by atoms with Crippen molar-refractivity contribution in [2.75, 3.05) is 45.2 Å². The molecule has 0 saturated carbocycles. The average molecular weight is 300 g/mol. The van der Waals surface area contributed by atoms with Crippen molar-refractivity contribution >= 4 is 5.69 Å². The molecule has 2 atom stereocenters. The van der Waals surface area contributed by atoms with Gasteiger partial charge in [0.2, 0.25) is 6.23 Å². The van der Waals surface area contributed by atoms with Crippen LogP contribution in [0.1, 0.15) is 0 Å². The maximum atomic E-state index is 5.99. The first-order valence-electron chi connectivity index (χ1n) is 7.90. The molecule has 3 aliphatic heterocycles. The van der Waals surface area contributed by atoms with Gasteiger partial charge in [0.1, 0.15) is 17.6 Å². The van der Waals surface area contributed by atoms with Gasteiger partial charge in [0.15, 0.2) is 0 Å². The molecule has 6 heteroatoms. The van der Waals surface area contributed by atoms with Crippen LogP contribution in [0.15, 0.2) is 46.4 Å². The Morgan fingerprint density at radius 2 is 2.00 bits per heavy atom. The van der Waals surface area contributed by atoms with E-state index in [0.29, 0.717) is 0 Å². The number of anilines is 1. The maximum absolute atomic E-state index is 5.99. The summed E-state index contributed by atoms with van der Waals surface area (Å²) in [6.45, 7) is 4.37. The standard InChI is InChI=1S/C16H21N5O/c1-19-7-9-21(10-8-19)15-11-13-16(18-17-15)22-14-6-4-3-5-12(14)20(13)2/h3-6,11,13,16H,7-10H2,1-2H3/p+1/t13-,16+/m1/s1. The molecule has 3 heterocycles. The van der Waals surface area contributed by atoms with Crippen LogP contribution in [0.4, 0.5) is 5.69 Å². The number of likely N-dealkylation sites (N-methyl/N-ethyl adjacent to an activating group) is 2. The van der Waals surface area contributed by atoms with Crippen LogP contribution in [0.3, 0.4) is 0 Å². The molecule has 0 radical (unpaired) electrons. The fraction of sp³-hybridized carbons (Fsp3) is 0.500. The van der Waals surface area contributed by atoms with E-state index in [1.165, 1.54) is 0 Å². The third kappa shape index (κ3) is 2.23. The minimum Gasteiger partial charge on any atom is -0.462 e. The van der Waals surface area contributed by atoms with E-state index in [2.05, 4.69) is 46.3 Å². The smallest absolute Gasteiger partial charge is 0.232 e. The normalized spacial score (nSPS) is 27.8. The van der Waals surface area contributed by atoms with Gasteiger partial charge in [-0.3, -0.25) is 0 Å². The second-order valence-corrected chi connectivity index (χ2v) is 6.26. The quantitative estimate of drug-likeness (QED) is 0.814. The van der Waals surface area contributed by atoms with Crippen molar-refractivity contribution in [3.63, 3.8) is 0 Å². The van der Waals surface area contributed by atoms with Crippen molar-refractivity contribution in [3.05, 3.63) is 36.2 Å². The largest absolute Gasteiger partial charge is 0.462 e. The van der Waals surface area contributed by atoms with Crippen molar-refractivity contribution in [1.82, 2.24) is 4.90 Å². The highest BCUT2D eigenvalue weighted by Crippen LogP contribution is 2.37. The highest BCUT2D eigenvalue weighted by Gasteiger charge is 2.36. The van der Waals surface area contributed by atoms with Crippen molar-refractivity contribution in [2.45, 2.75) is 12.3 Å². The van der Waals surface area contributed by atoms with Gasteiger partial charge in [0, 0.05) is 7.05 Å². The molecule has 0 unspecified atom stereocenters. The summed E-state index contributed by atoms with van der Waals surface area (Å²) in [5, 5.41) is 8.84. The number of rotatable bonds is 1. The fourth-order valence-electron chi connectivity index (χ4n) is 3.27. The Morgan fingerprint density at radius 1 is 1.23 bits per heavy atom. The van der Waals surface area contributed by atoms with Gasteiger partial charge in [0.05, 0.1) is 38.9 Å². The Morgan fingerprint density at radius 3 is 2.82 bits per heavy atom. The summed E-state index contributed by atoms with van der Waals surface area (Å²) in [7, 11) is 4.34. The minimum absolute atomic E-state index is 0.106. The van der Waals surface area contributed by atoms with Crippen molar-refractivity contribution in [2.24, 2.45) is 10.2 Å². The maximum Gasteiger partial charge on any atom is 0.232 e. The van der Waals surface area contributed by atoms with Crippen LogP contribution in [0.2, 0.25) is 0 Å². The number of fused-ring (bicyclic) bond motifs is 2. The minimum atomic E-state index is -0.248. The van der Waals surface area contributed by atoms with Gasteiger partial charge >= 0.3 is 0 Å². The van der Waals surface area contributed by atoms with Crippen LogP contribution < -0.4 is 14.5 Å². The summed E-state index contributed by atoms with van der Waals surface area (Å²) in [6.07, 6.45) is 1.95. The van der Waals surface area contributed by atoms with Gasteiger partial charge in [-0.1, -0.05) is 12.1 Å². The lowest BCUT2D eigenvalue weighted by Crippen LogP contribution is -3.11. The molecule has 0 spiro atoms. The zero-order valence-corrected chi connectivity index (χ0v) is 13.1. The Hall–Kier alpha value is -2.08. The second-order valence-electron chi connectivity index (χ2n) is 6.26. The molecule has 1 fully saturated rings. The topological polar surface area (TPSA) is 44.9 Å². The lowest BCUT2D eigenvalue weighted by Gasteiger charge is -2.40. The van der Waals surface area contributed by atoms with Crippen LogP contribution in [0.25, 0.3) is 0 Å². The highest BCUT2D eigenvalue weighted by molar-refractivity contribution is 5.61. The molecule has 1 saturated heterocycles. The zero-order valence-electron chi connectivity index (χ0n) is 13.1. The molecular weight excluding hydrogens is 278 g/mol. The Bertz CT molecular complexity index is 621. The molecule has 6 nitrogen and oxygen atoms in total. The molecule has 0 aliphatic carbocycles. The molecule has 1 aromatic carbocycles. The number of nitrogens with one attached hydrogen (secondary N) is 1. The Labute approximate surface area is 130 Å². The molecule has 0 aromatic heterocycles. The molecule has 116 valence electrons.